The summed E-state index contributed by atoms with van der Waals surface area (Å²) in [6.45, 7) is 5.50. The number of nitrogens with one attached hydrogen (secondary N) is 1. The van der Waals surface area contributed by atoms with Gasteiger partial charge in [-0.25, -0.2) is 14.4 Å². The second kappa shape index (κ2) is 6.19. The van der Waals surface area contributed by atoms with Crippen LogP contribution in [0.25, 0.3) is 5.95 Å². The molecule has 2 heterocycles. The lowest BCUT2D eigenvalue weighted by molar-refractivity contribution is 0.102. The molecule has 6 nitrogen and oxygen atoms in total. The summed E-state index contributed by atoms with van der Waals surface area (Å²) in [5.74, 6) is -0.408. The monoisotopic (exact) mass is 325 g/mol. The molecule has 24 heavy (non-hydrogen) atoms. The minimum atomic E-state index is -0.583. The van der Waals surface area contributed by atoms with Crippen molar-refractivity contribution in [2.45, 2.75) is 20.8 Å². The summed E-state index contributed by atoms with van der Waals surface area (Å²) in [7, 11) is 0. The van der Waals surface area contributed by atoms with Crippen molar-refractivity contribution in [3.8, 4) is 5.95 Å². The van der Waals surface area contributed by atoms with Gasteiger partial charge in [-0.2, -0.15) is 9.78 Å². The van der Waals surface area contributed by atoms with Crippen molar-refractivity contribution in [2.24, 2.45) is 0 Å². The highest BCUT2D eigenvalue weighted by Crippen LogP contribution is 2.17. The molecule has 1 N–H and O–H groups in total. The molecule has 0 radical (unpaired) electrons. The number of halogens is 1. The zero-order chi connectivity index (χ0) is 17.3. The van der Waals surface area contributed by atoms with E-state index < -0.39 is 11.7 Å². The zero-order valence-corrected chi connectivity index (χ0v) is 13.5. The van der Waals surface area contributed by atoms with Crippen LogP contribution in [0, 0.1) is 26.6 Å². The average Bonchev–Trinajstić information content (AvgIpc) is 2.87. The van der Waals surface area contributed by atoms with Crippen molar-refractivity contribution < 1.29 is 9.18 Å². The SMILES string of the molecule is Cc1cc(C)nc(-n2nc(C)cc2NC(=O)c2ccccc2F)n1. The smallest absolute Gasteiger partial charge is 0.259 e. The first-order chi connectivity index (χ1) is 11.4. The van der Waals surface area contributed by atoms with Gasteiger partial charge in [-0.05, 0) is 39.0 Å². The van der Waals surface area contributed by atoms with Crippen LogP contribution in [0.5, 0.6) is 0 Å². The molecule has 1 amide bonds. The molecular formula is C17H16FN5O. The number of rotatable bonds is 3. The van der Waals surface area contributed by atoms with Gasteiger partial charge in [0.15, 0.2) is 0 Å². The summed E-state index contributed by atoms with van der Waals surface area (Å²) in [6, 6.07) is 9.32. The minimum absolute atomic E-state index is 0.0377. The zero-order valence-electron chi connectivity index (χ0n) is 13.5. The van der Waals surface area contributed by atoms with Crippen LogP contribution in [0.1, 0.15) is 27.4 Å². The number of amides is 1. The molecule has 0 aliphatic carbocycles. The van der Waals surface area contributed by atoms with Gasteiger partial charge in [-0.15, -0.1) is 0 Å². The van der Waals surface area contributed by atoms with Gasteiger partial charge in [0.1, 0.15) is 11.6 Å². The maximum Gasteiger partial charge on any atom is 0.259 e. The maximum atomic E-state index is 13.8. The van der Waals surface area contributed by atoms with Gasteiger partial charge in [0.2, 0.25) is 0 Å². The summed E-state index contributed by atoms with van der Waals surface area (Å²) >= 11 is 0. The largest absolute Gasteiger partial charge is 0.306 e. The van der Waals surface area contributed by atoms with Crippen molar-refractivity contribution in [3.63, 3.8) is 0 Å². The fourth-order valence-corrected chi connectivity index (χ4v) is 2.37. The molecular weight excluding hydrogens is 309 g/mol. The normalized spacial score (nSPS) is 10.7. The number of benzene rings is 1. The fraction of sp³-hybridized carbons (Fsp3) is 0.176. The number of anilines is 1. The molecule has 3 rings (SSSR count). The summed E-state index contributed by atoms with van der Waals surface area (Å²) in [5.41, 5.74) is 2.22. The molecule has 0 fully saturated rings. The Bertz CT molecular complexity index is 899. The molecule has 0 saturated heterocycles. The first kappa shape index (κ1) is 15.8. The lowest BCUT2D eigenvalue weighted by Crippen LogP contribution is -2.17. The first-order valence-electron chi connectivity index (χ1n) is 7.39. The van der Waals surface area contributed by atoms with E-state index in [1.54, 1.807) is 19.1 Å². The Morgan fingerprint density at radius 1 is 1.04 bits per heavy atom. The summed E-state index contributed by atoms with van der Waals surface area (Å²) in [4.78, 5) is 21.0. The number of nitrogens with zero attached hydrogens (tertiary/aromatic N) is 4. The summed E-state index contributed by atoms with van der Waals surface area (Å²) in [5, 5.41) is 6.98. The predicted molar refractivity (Wildman–Crippen MR) is 87.7 cm³/mol. The van der Waals surface area contributed by atoms with Crippen molar-refractivity contribution in [2.75, 3.05) is 5.32 Å². The molecule has 2 aromatic heterocycles. The van der Waals surface area contributed by atoms with Crippen LogP contribution in [-0.2, 0) is 0 Å². The van der Waals surface area contributed by atoms with Gasteiger partial charge in [0.05, 0.1) is 11.3 Å². The highest BCUT2D eigenvalue weighted by Gasteiger charge is 2.16. The van der Waals surface area contributed by atoms with E-state index >= 15 is 0 Å². The number of aromatic nitrogens is 4. The van der Waals surface area contributed by atoms with Crippen molar-refractivity contribution in [1.29, 1.82) is 0 Å². The third-order valence-corrected chi connectivity index (χ3v) is 3.35. The second-order valence-electron chi connectivity index (χ2n) is 5.47. The molecule has 3 aromatic rings. The molecule has 0 bridgehead atoms. The quantitative estimate of drug-likeness (QED) is 0.803. The van der Waals surface area contributed by atoms with Crippen LogP contribution in [0.3, 0.4) is 0 Å². The molecule has 0 saturated carbocycles. The first-order valence-corrected chi connectivity index (χ1v) is 7.39. The van der Waals surface area contributed by atoms with E-state index in [1.807, 2.05) is 19.9 Å². The number of hydrogen-bond acceptors (Lipinski definition) is 4. The highest BCUT2D eigenvalue weighted by molar-refractivity contribution is 6.04. The molecule has 0 unspecified atom stereocenters. The van der Waals surface area contributed by atoms with Gasteiger partial charge in [0.25, 0.3) is 11.9 Å². The Hall–Kier alpha value is -3.09. The van der Waals surface area contributed by atoms with E-state index in [2.05, 4.69) is 20.4 Å². The van der Waals surface area contributed by atoms with Crippen LogP contribution in [0.15, 0.2) is 36.4 Å². The molecule has 0 aliphatic heterocycles. The average molecular weight is 325 g/mol. The Morgan fingerprint density at radius 3 is 2.38 bits per heavy atom. The van der Waals surface area contributed by atoms with Crippen molar-refractivity contribution in [1.82, 2.24) is 19.7 Å². The second-order valence-corrected chi connectivity index (χ2v) is 5.47. The standard InChI is InChI=1S/C17H16FN5O/c1-10-8-11(2)20-17(19-10)23-15(9-12(3)22-23)21-16(24)13-6-4-5-7-14(13)18/h4-9H,1-3H3,(H,21,24). The molecule has 122 valence electrons. The van der Waals surface area contributed by atoms with Crippen LogP contribution in [0.2, 0.25) is 0 Å². The molecule has 0 atom stereocenters. The van der Waals surface area contributed by atoms with Gasteiger partial charge < -0.3 is 5.32 Å². The fourth-order valence-electron chi connectivity index (χ4n) is 2.37. The van der Waals surface area contributed by atoms with Crippen molar-refractivity contribution >= 4 is 11.7 Å². The van der Waals surface area contributed by atoms with Crippen LogP contribution >= 0.6 is 0 Å². The third kappa shape index (κ3) is 3.15. The topological polar surface area (TPSA) is 72.7 Å². The number of carbonyl (C=O) groups is 1. The molecule has 1 aromatic carbocycles. The summed E-state index contributed by atoms with van der Waals surface area (Å²) in [6.07, 6.45) is 0. The number of aryl methyl sites for hydroxylation is 3. The molecule has 0 spiro atoms. The Kier molecular flexibility index (Phi) is 4.07. The van der Waals surface area contributed by atoms with Crippen LogP contribution in [-0.4, -0.2) is 25.7 Å². The van der Waals surface area contributed by atoms with E-state index in [1.165, 1.54) is 22.9 Å². The Labute approximate surface area is 138 Å². The molecule has 0 aliphatic rings. The van der Waals surface area contributed by atoms with Crippen molar-refractivity contribution in [3.05, 3.63) is 64.9 Å². The summed E-state index contributed by atoms with van der Waals surface area (Å²) < 4.78 is 15.2. The van der Waals surface area contributed by atoms with E-state index in [4.69, 9.17) is 0 Å². The number of hydrogen-bond donors (Lipinski definition) is 1. The van der Waals surface area contributed by atoms with Gasteiger partial charge in [0, 0.05) is 17.5 Å². The van der Waals surface area contributed by atoms with Gasteiger partial charge in [-0.3, -0.25) is 4.79 Å². The minimum Gasteiger partial charge on any atom is -0.306 e. The molecule has 7 heteroatoms. The third-order valence-electron chi connectivity index (χ3n) is 3.35. The van der Waals surface area contributed by atoms with E-state index in [9.17, 15) is 9.18 Å². The lowest BCUT2D eigenvalue weighted by atomic mass is 10.2. The maximum absolute atomic E-state index is 13.8. The van der Waals surface area contributed by atoms with Crippen LogP contribution in [0.4, 0.5) is 10.2 Å². The highest BCUT2D eigenvalue weighted by atomic mass is 19.1. The van der Waals surface area contributed by atoms with Gasteiger partial charge in [-0.1, -0.05) is 12.1 Å². The number of carbonyl (C=O) groups excluding carboxylic acids is 1. The van der Waals surface area contributed by atoms with E-state index in [0.29, 0.717) is 17.5 Å². The Morgan fingerprint density at radius 2 is 1.71 bits per heavy atom. The van der Waals surface area contributed by atoms with E-state index in [-0.39, 0.29) is 5.56 Å². The predicted octanol–water partition coefficient (Wildman–Crippen LogP) is 2.98. The lowest BCUT2D eigenvalue weighted by Gasteiger charge is -2.09. The van der Waals surface area contributed by atoms with Gasteiger partial charge >= 0.3 is 0 Å². The van der Waals surface area contributed by atoms with Crippen LogP contribution < -0.4 is 5.32 Å². The van der Waals surface area contributed by atoms with E-state index in [0.717, 1.165) is 11.4 Å². The Balaban J connectivity index is 1.98.